The second kappa shape index (κ2) is 7.72. The summed E-state index contributed by atoms with van der Waals surface area (Å²) in [6.07, 6.45) is -0.902. The van der Waals surface area contributed by atoms with Gasteiger partial charge in [-0.25, -0.2) is 4.79 Å². The summed E-state index contributed by atoms with van der Waals surface area (Å²) in [5.41, 5.74) is 0.395. The molecule has 0 spiro atoms. The first-order valence-electron chi connectivity index (χ1n) is 6.13. The second-order valence-electron chi connectivity index (χ2n) is 3.98. The van der Waals surface area contributed by atoms with Crippen LogP contribution in [0, 0.1) is 0 Å². The number of hydrogen-bond donors (Lipinski definition) is 3. The first kappa shape index (κ1) is 16.3. The summed E-state index contributed by atoms with van der Waals surface area (Å²) in [6.45, 7) is 3.34. The van der Waals surface area contributed by atoms with Gasteiger partial charge in [0.05, 0.1) is 6.61 Å². The molecule has 0 bridgehead atoms. The van der Waals surface area contributed by atoms with E-state index in [2.05, 4.69) is 10.6 Å². The van der Waals surface area contributed by atoms with Gasteiger partial charge in [-0.3, -0.25) is 10.1 Å². The quantitative estimate of drug-likeness (QED) is 0.768. The number of benzene rings is 1. The number of aliphatic hydroxyl groups is 1. The van der Waals surface area contributed by atoms with Crippen LogP contribution in [0.2, 0.25) is 5.02 Å². The maximum absolute atomic E-state index is 11.7. The Morgan fingerprint density at radius 2 is 2.15 bits per heavy atom. The standard InChI is InChI=1S/C13H17ClN2O4/c1-3-15-13(19)16-12(18)8(2)20-11-6-4-5-10(14)9(11)7-17/h4-6,8,17H,3,7H2,1-2H3,(H2,15,16,18,19). The molecule has 3 amide bonds. The van der Waals surface area contributed by atoms with Crippen LogP contribution in [0.1, 0.15) is 19.4 Å². The molecule has 1 unspecified atom stereocenters. The fourth-order valence-corrected chi connectivity index (χ4v) is 1.69. The van der Waals surface area contributed by atoms with E-state index >= 15 is 0 Å². The molecule has 0 fully saturated rings. The second-order valence-corrected chi connectivity index (χ2v) is 4.39. The van der Waals surface area contributed by atoms with Crippen molar-refractivity contribution in [3.05, 3.63) is 28.8 Å². The molecule has 0 aliphatic carbocycles. The number of imide groups is 1. The van der Waals surface area contributed by atoms with E-state index < -0.39 is 18.0 Å². The van der Waals surface area contributed by atoms with Crippen molar-refractivity contribution in [1.29, 1.82) is 0 Å². The van der Waals surface area contributed by atoms with Crippen LogP contribution in [0.3, 0.4) is 0 Å². The molecule has 1 aromatic carbocycles. The molecular weight excluding hydrogens is 284 g/mol. The van der Waals surface area contributed by atoms with Crippen LogP contribution in [0.15, 0.2) is 18.2 Å². The van der Waals surface area contributed by atoms with Crippen molar-refractivity contribution in [3.63, 3.8) is 0 Å². The lowest BCUT2D eigenvalue weighted by atomic mass is 10.2. The lowest BCUT2D eigenvalue weighted by Crippen LogP contribution is -2.45. The highest BCUT2D eigenvalue weighted by atomic mass is 35.5. The Morgan fingerprint density at radius 1 is 1.45 bits per heavy atom. The molecular formula is C13H17ClN2O4. The number of halogens is 1. The predicted molar refractivity (Wildman–Crippen MR) is 74.7 cm³/mol. The van der Waals surface area contributed by atoms with E-state index in [0.29, 0.717) is 22.9 Å². The fraction of sp³-hybridized carbons (Fsp3) is 0.385. The highest BCUT2D eigenvalue weighted by Gasteiger charge is 2.19. The van der Waals surface area contributed by atoms with Crippen LogP contribution >= 0.6 is 11.6 Å². The van der Waals surface area contributed by atoms with Crippen LogP contribution in [0.4, 0.5) is 4.79 Å². The van der Waals surface area contributed by atoms with Gasteiger partial charge < -0.3 is 15.2 Å². The number of nitrogens with one attached hydrogen (secondary N) is 2. The van der Waals surface area contributed by atoms with E-state index in [-0.39, 0.29) is 6.61 Å². The third-order valence-electron chi connectivity index (χ3n) is 2.48. The van der Waals surface area contributed by atoms with E-state index in [1.54, 1.807) is 25.1 Å². The first-order valence-corrected chi connectivity index (χ1v) is 6.51. The largest absolute Gasteiger partial charge is 0.480 e. The number of carbonyl (C=O) groups excluding carboxylic acids is 2. The normalized spacial score (nSPS) is 11.6. The molecule has 0 heterocycles. The van der Waals surface area contributed by atoms with Gasteiger partial charge >= 0.3 is 6.03 Å². The molecule has 6 nitrogen and oxygen atoms in total. The minimum absolute atomic E-state index is 0.304. The minimum Gasteiger partial charge on any atom is -0.480 e. The molecule has 0 aromatic heterocycles. The van der Waals surface area contributed by atoms with Crippen molar-refractivity contribution in [2.45, 2.75) is 26.6 Å². The maximum atomic E-state index is 11.7. The topological polar surface area (TPSA) is 87.7 Å². The molecule has 3 N–H and O–H groups in total. The summed E-state index contributed by atoms with van der Waals surface area (Å²) in [4.78, 5) is 23.0. The van der Waals surface area contributed by atoms with Gasteiger partial charge in [0.1, 0.15) is 5.75 Å². The van der Waals surface area contributed by atoms with E-state index in [1.807, 2.05) is 0 Å². The molecule has 1 aromatic rings. The van der Waals surface area contributed by atoms with E-state index in [4.69, 9.17) is 16.3 Å². The number of ether oxygens (including phenoxy) is 1. The van der Waals surface area contributed by atoms with Gasteiger partial charge in [0.2, 0.25) is 0 Å². The van der Waals surface area contributed by atoms with E-state index in [1.165, 1.54) is 6.92 Å². The molecule has 1 atom stereocenters. The van der Waals surface area contributed by atoms with E-state index in [0.717, 1.165) is 0 Å². The zero-order valence-electron chi connectivity index (χ0n) is 11.3. The smallest absolute Gasteiger partial charge is 0.321 e. The van der Waals surface area contributed by atoms with Crippen molar-refractivity contribution < 1.29 is 19.4 Å². The Morgan fingerprint density at radius 3 is 2.75 bits per heavy atom. The zero-order chi connectivity index (χ0) is 15.1. The number of carbonyl (C=O) groups is 2. The highest BCUT2D eigenvalue weighted by molar-refractivity contribution is 6.31. The molecule has 0 saturated carbocycles. The van der Waals surface area contributed by atoms with Gasteiger partial charge in [0.15, 0.2) is 6.10 Å². The molecule has 0 radical (unpaired) electrons. The number of hydrogen-bond acceptors (Lipinski definition) is 4. The molecule has 0 saturated heterocycles. The van der Waals surface area contributed by atoms with Crippen molar-refractivity contribution in [2.24, 2.45) is 0 Å². The molecule has 7 heteroatoms. The van der Waals surface area contributed by atoms with Gasteiger partial charge in [0, 0.05) is 17.1 Å². The molecule has 20 heavy (non-hydrogen) atoms. The number of aliphatic hydroxyl groups excluding tert-OH is 1. The molecule has 1 rings (SSSR count). The Hall–Kier alpha value is -1.79. The predicted octanol–water partition coefficient (Wildman–Crippen LogP) is 1.45. The Balaban J connectivity index is 2.71. The number of amides is 3. The summed E-state index contributed by atoms with van der Waals surface area (Å²) in [7, 11) is 0. The summed E-state index contributed by atoms with van der Waals surface area (Å²) in [5, 5.41) is 14.2. The summed E-state index contributed by atoms with van der Waals surface area (Å²) in [5.74, 6) is -0.279. The third-order valence-corrected chi connectivity index (χ3v) is 2.84. The fourth-order valence-electron chi connectivity index (χ4n) is 1.46. The first-order chi connectivity index (χ1) is 9.49. The lowest BCUT2D eigenvalue weighted by molar-refractivity contribution is -0.126. The monoisotopic (exact) mass is 300 g/mol. The van der Waals surface area contributed by atoms with Crippen LogP contribution in [-0.2, 0) is 11.4 Å². The zero-order valence-corrected chi connectivity index (χ0v) is 12.0. The third kappa shape index (κ3) is 4.40. The average molecular weight is 301 g/mol. The SMILES string of the molecule is CCNC(=O)NC(=O)C(C)Oc1cccc(Cl)c1CO. The summed E-state index contributed by atoms with van der Waals surface area (Å²) in [6, 6.07) is 4.26. The van der Waals surface area contributed by atoms with Gasteiger partial charge in [-0.2, -0.15) is 0 Å². The summed E-state index contributed by atoms with van der Waals surface area (Å²) >= 11 is 5.91. The highest BCUT2D eigenvalue weighted by Crippen LogP contribution is 2.27. The van der Waals surface area contributed by atoms with Crippen LogP contribution < -0.4 is 15.4 Å². The van der Waals surface area contributed by atoms with Crippen molar-refractivity contribution in [1.82, 2.24) is 10.6 Å². The van der Waals surface area contributed by atoms with Crippen LogP contribution in [0.5, 0.6) is 5.75 Å². The van der Waals surface area contributed by atoms with Crippen molar-refractivity contribution >= 4 is 23.5 Å². The Kier molecular flexibility index (Phi) is 6.27. The minimum atomic E-state index is -0.902. The molecule has 110 valence electrons. The van der Waals surface area contributed by atoms with Crippen LogP contribution in [0.25, 0.3) is 0 Å². The van der Waals surface area contributed by atoms with Gasteiger partial charge in [-0.05, 0) is 26.0 Å². The maximum Gasteiger partial charge on any atom is 0.321 e. The molecule has 0 aliphatic heterocycles. The Labute approximate surface area is 122 Å². The lowest BCUT2D eigenvalue weighted by Gasteiger charge is -2.16. The van der Waals surface area contributed by atoms with Crippen molar-refractivity contribution in [3.8, 4) is 5.75 Å². The number of rotatable bonds is 5. The van der Waals surface area contributed by atoms with Gasteiger partial charge in [0.25, 0.3) is 5.91 Å². The Bertz CT molecular complexity index is 493. The van der Waals surface area contributed by atoms with E-state index in [9.17, 15) is 14.7 Å². The average Bonchev–Trinajstić information content (AvgIpc) is 2.39. The van der Waals surface area contributed by atoms with Crippen molar-refractivity contribution in [2.75, 3.05) is 6.54 Å². The van der Waals surface area contributed by atoms with Crippen LogP contribution in [-0.4, -0.2) is 29.7 Å². The number of urea groups is 1. The van der Waals surface area contributed by atoms with Gasteiger partial charge in [-0.1, -0.05) is 17.7 Å². The summed E-state index contributed by atoms with van der Waals surface area (Å²) < 4.78 is 5.42. The van der Waals surface area contributed by atoms with Gasteiger partial charge in [-0.15, -0.1) is 0 Å². The molecule has 0 aliphatic rings.